The lowest BCUT2D eigenvalue weighted by molar-refractivity contribution is -0.386. The van der Waals surface area contributed by atoms with Gasteiger partial charge in [0.1, 0.15) is 5.75 Å². The molecule has 7 nitrogen and oxygen atoms in total. The van der Waals surface area contributed by atoms with Crippen molar-refractivity contribution < 1.29 is 19.2 Å². The molecule has 0 radical (unpaired) electrons. The molecule has 0 aliphatic heterocycles. The average molecular weight is 358 g/mol. The first-order valence-electron chi connectivity index (χ1n) is 8.30. The molecule has 0 heterocycles. The molecule has 0 bridgehead atoms. The molecule has 26 heavy (non-hydrogen) atoms. The molecule has 1 N–H and O–H groups in total. The summed E-state index contributed by atoms with van der Waals surface area (Å²) in [6.45, 7) is 6.28. The summed E-state index contributed by atoms with van der Waals surface area (Å²) in [5, 5.41) is 13.7. The molecular weight excluding hydrogens is 336 g/mol. The Hall–Kier alpha value is -3.09. The maximum atomic E-state index is 12.3. The van der Waals surface area contributed by atoms with Gasteiger partial charge in [0, 0.05) is 11.8 Å². The van der Waals surface area contributed by atoms with Gasteiger partial charge in [-0.2, -0.15) is 0 Å². The highest BCUT2D eigenvalue weighted by Crippen LogP contribution is 2.27. The number of ether oxygens (including phenoxy) is 2. The monoisotopic (exact) mass is 358 g/mol. The van der Waals surface area contributed by atoms with Gasteiger partial charge >= 0.3 is 5.69 Å². The fraction of sp³-hybridized carbons (Fsp3) is 0.316. The van der Waals surface area contributed by atoms with E-state index in [0.29, 0.717) is 18.2 Å². The Morgan fingerprint density at radius 2 is 1.77 bits per heavy atom. The molecule has 0 fully saturated rings. The van der Waals surface area contributed by atoms with Crippen molar-refractivity contribution >= 4 is 17.3 Å². The predicted molar refractivity (Wildman–Crippen MR) is 98.6 cm³/mol. The number of nitro groups is 1. The van der Waals surface area contributed by atoms with Crippen LogP contribution < -0.4 is 14.8 Å². The number of para-hydroxylation sites is 2. The molecule has 2 aromatic rings. The van der Waals surface area contributed by atoms with Gasteiger partial charge in [-0.1, -0.05) is 26.0 Å². The third kappa shape index (κ3) is 5.47. The molecule has 0 aliphatic carbocycles. The Morgan fingerprint density at radius 3 is 2.38 bits per heavy atom. The SMILES string of the molecule is CC(C)COc1ccc(NC(=O)[C@H](C)Oc2ccccc2[N+](=O)[O-])cc1. The zero-order valence-corrected chi connectivity index (χ0v) is 15.0. The molecule has 0 unspecified atom stereocenters. The number of rotatable bonds is 8. The molecule has 0 aliphatic rings. The van der Waals surface area contributed by atoms with Crippen molar-refractivity contribution in [3.8, 4) is 11.5 Å². The van der Waals surface area contributed by atoms with Gasteiger partial charge in [0.05, 0.1) is 11.5 Å². The van der Waals surface area contributed by atoms with Crippen molar-refractivity contribution in [3.05, 3.63) is 58.6 Å². The lowest BCUT2D eigenvalue weighted by Crippen LogP contribution is -2.30. The topological polar surface area (TPSA) is 90.7 Å². The van der Waals surface area contributed by atoms with Crippen LogP contribution >= 0.6 is 0 Å². The quantitative estimate of drug-likeness (QED) is 0.568. The average Bonchev–Trinajstić information content (AvgIpc) is 2.61. The van der Waals surface area contributed by atoms with E-state index in [-0.39, 0.29) is 11.4 Å². The summed E-state index contributed by atoms with van der Waals surface area (Å²) in [5.41, 5.74) is 0.406. The van der Waals surface area contributed by atoms with Gasteiger partial charge in [-0.05, 0) is 43.2 Å². The van der Waals surface area contributed by atoms with Crippen LogP contribution in [0.5, 0.6) is 11.5 Å². The van der Waals surface area contributed by atoms with E-state index in [1.807, 2.05) is 0 Å². The van der Waals surface area contributed by atoms with Gasteiger partial charge in [-0.25, -0.2) is 0 Å². The Balaban J connectivity index is 1.96. The van der Waals surface area contributed by atoms with Gasteiger partial charge in [0.2, 0.25) is 0 Å². The second kappa shape index (κ2) is 8.84. The van der Waals surface area contributed by atoms with Crippen LogP contribution in [-0.4, -0.2) is 23.5 Å². The number of nitrogens with one attached hydrogen (secondary N) is 1. The fourth-order valence-electron chi connectivity index (χ4n) is 2.09. The van der Waals surface area contributed by atoms with Gasteiger partial charge in [0.15, 0.2) is 11.9 Å². The molecule has 2 rings (SSSR count). The van der Waals surface area contributed by atoms with Crippen molar-refractivity contribution in [1.82, 2.24) is 0 Å². The Labute approximate surface area is 152 Å². The predicted octanol–water partition coefficient (Wildman–Crippen LogP) is 4.04. The van der Waals surface area contributed by atoms with Crippen molar-refractivity contribution in [1.29, 1.82) is 0 Å². The smallest absolute Gasteiger partial charge is 0.310 e. The summed E-state index contributed by atoms with van der Waals surface area (Å²) in [6, 6.07) is 12.9. The Morgan fingerprint density at radius 1 is 1.12 bits per heavy atom. The van der Waals surface area contributed by atoms with Crippen LogP contribution in [0.3, 0.4) is 0 Å². The van der Waals surface area contributed by atoms with E-state index >= 15 is 0 Å². The largest absolute Gasteiger partial charge is 0.493 e. The van der Waals surface area contributed by atoms with Crippen molar-refractivity contribution in [2.45, 2.75) is 26.9 Å². The van der Waals surface area contributed by atoms with Crippen molar-refractivity contribution in [3.63, 3.8) is 0 Å². The maximum absolute atomic E-state index is 12.3. The van der Waals surface area contributed by atoms with Crippen LogP contribution in [-0.2, 0) is 4.79 Å². The highest BCUT2D eigenvalue weighted by molar-refractivity contribution is 5.94. The summed E-state index contributed by atoms with van der Waals surface area (Å²) in [7, 11) is 0. The van der Waals surface area contributed by atoms with Crippen LogP contribution in [0, 0.1) is 16.0 Å². The number of anilines is 1. The molecule has 2 aromatic carbocycles. The second-order valence-electron chi connectivity index (χ2n) is 6.20. The van der Waals surface area contributed by atoms with Crippen LogP contribution in [0.1, 0.15) is 20.8 Å². The van der Waals surface area contributed by atoms with E-state index in [9.17, 15) is 14.9 Å². The molecule has 0 saturated carbocycles. The van der Waals surface area contributed by atoms with Crippen molar-refractivity contribution in [2.75, 3.05) is 11.9 Å². The lowest BCUT2D eigenvalue weighted by atomic mass is 10.2. The minimum Gasteiger partial charge on any atom is -0.493 e. The van der Waals surface area contributed by atoms with Crippen molar-refractivity contribution in [2.24, 2.45) is 5.92 Å². The Kier molecular flexibility index (Phi) is 6.54. The standard InChI is InChI=1S/C19H22N2O5/c1-13(2)12-25-16-10-8-15(9-11-16)20-19(22)14(3)26-18-7-5-4-6-17(18)21(23)24/h4-11,13-14H,12H2,1-3H3,(H,20,22)/t14-/m0/s1. The molecule has 0 saturated heterocycles. The zero-order valence-electron chi connectivity index (χ0n) is 15.0. The number of carbonyl (C=O) groups is 1. The summed E-state index contributed by atoms with van der Waals surface area (Å²) in [6.07, 6.45) is -0.895. The number of carbonyl (C=O) groups excluding carboxylic acids is 1. The fourth-order valence-corrected chi connectivity index (χ4v) is 2.09. The molecule has 7 heteroatoms. The van der Waals surface area contributed by atoms with E-state index in [2.05, 4.69) is 19.2 Å². The highest BCUT2D eigenvalue weighted by Gasteiger charge is 2.20. The van der Waals surface area contributed by atoms with Gasteiger partial charge in [-0.15, -0.1) is 0 Å². The van der Waals surface area contributed by atoms with Gasteiger partial charge in [0.25, 0.3) is 5.91 Å². The molecular formula is C19H22N2O5. The van der Waals surface area contributed by atoms with Crippen LogP contribution in [0.25, 0.3) is 0 Å². The number of nitrogens with zero attached hydrogens (tertiary/aromatic N) is 1. The summed E-state index contributed by atoms with van der Waals surface area (Å²) in [5.74, 6) is 0.798. The zero-order chi connectivity index (χ0) is 19.1. The van der Waals surface area contributed by atoms with Gasteiger partial charge < -0.3 is 14.8 Å². The Bertz CT molecular complexity index is 759. The van der Waals surface area contributed by atoms with E-state index in [4.69, 9.17) is 9.47 Å². The molecule has 1 amide bonds. The first-order chi connectivity index (χ1) is 12.4. The minimum atomic E-state index is -0.895. The maximum Gasteiger partial charge on any atom is 0.310 e. The lowest BCUT2D eigenvalue weighted by Gasteiger charge is -2.15. The molecule has 138 valence electrons. The number of hydrogen-bond donors (Lipinski definition) is 1. The summed E-state index contributed by atoms with van der Waals surface area (Å²) in [4.78, 5) is 22.7. The summed E-state index contributed by atoms with van der Waals surface area (Å²) >= 11 is 0. The molecule has 0 spiro atoms. The van der Waals surface area contributed by atoms with E-state index in [0.717, 1.165) is 5.75 Å². The number of benzene rings is 2. The van der Waals surface area contributed by atoms with E-state index < -0.39 is 16.9 Å². The summed E-state index contributed by atoms with van der Waals surface area (Å²) < 4.78 is 11.0. The third-order valence-corrected chi connectivity index (χ3v) is 3.44. The number of amides is 1. The molecule has 1 atom stereocenters. The third-order valence-electron chi connectivity index (χ3n) is 3.44. The van der Waals surface area contributed by atoms with E-state index in [1.165, 1.54) is 19.1 Å². The first kappa shape index (κ1) is 19.2. The van der Waals surface area contributed by atoms with E-state index in [1.54, 1.807) is 36.4 Å². The normalized spacial score (nSPS) is 11.7. The minimum absolute atomic E-state index is 0.0533. The van der Waals surface area contributed by atoms with Crippen LogP contribution in [0.2, 0.25) is 0 Å². The number of nitro benzene ring substituents is 1. The van der Waals surface area contributed by atoms with Crippen LogP contribution in [0.15, 0.2) is 48.5 Å². The first-order valence-corrected chi connectivity index (χ1v) is 8.30. The van der Waals surface area contributed by atoms with Gasteiger partial charge in [-0.3, -0.25) is 14.9 Å². The molecule has 0 aromatic heterocycles. The number of hydrogen-bond acceptors (Lipinski definition) is 5. The second-order valence-corrected chi connectivity index (χ2v) is 6.20. The highest BCUT2D eigenvalue weighted by atomic mass is 16.6. The van der Waals surface area contributed by atoms with Crippen LogP contribution in [0.4, 0.5) is 11.4 Å².